The summed E-state index contributed by atoms with van der Waals surface area (Å²) in [4.78, 5) is 18.6. The van der Waals surface area contributed by atoms with Gasteiger partial charge in [-0.05, 0) is 43.3 Å². The molecule has 2 saturated heterocycles. The summed E-state index contributed by atoms with van der Waals surface area (Å²) in [5, 5.41) is 0.192. The molecule has 0 radical (unpaired) electrons. The topological polar surface area (TPSA) is 76.0 Å². The molecule has 2 aromatic rings. The molecule has 3 atom stereocenters. The summed E-state index contributed by atoms with van der Waals surface area (Å²) >= 11 is 1.27. The van der Waals surface area contributed by atoms with E-state index in [0.29, 0.717) is 16.6 Å². The van der Waals surface area contributed by atoms with Crippen LogP contribution in [0.15, 0.2) is 59.6 Å². The Morgan fingerprint density at radius 3 is 2.55 bits per heavy atom. The summed E-state index contributed by atoms with van der Waals surface area (Å²) in [6.45, 7) is 1.62. The average molecular weight is 435 g/mol. The minimum Gasteiger partial charge on any atom is -0.481 e. The first-order chi connectivity index (χ1) is 13.8. The van der Waals surface area contributed by atoms with Crippen LogP contribution in [0.3, 0.4) is 0 Å². The van der Waals surface area contributed by atoms with Crippen molar-refractivity contribution in [2.75, 3.05) is 16.4 Å². The Bertz CT molecular complexity index is 1040. The van der Waals surface area contributed by atoms with Crippen molar-refractivity contribution < 1.29 is 22.3 Å². The van der Waals surface area contributed by atoms with Crippen LogP contribution in [0.2, 0.25) is 0 Å². The molecule has 0 aromatic heterocycles. The van der Waals surface area contributed by atoms with Crippen LogP contribution in [-0.2, 0) is 14.6 Å². The summed E-state index contributed by atoms with van der Waals surface area (Å²) < 4.78 is 43.2. The fourth-order valence-electron chi connectivity index (χ4n) is 3.41. The Balaban J connectivity index is 1.60. The van der Waals surface area contributed by atoms with Crippen LogP contribution in [0.1, 0.15) is 6.92 Å². The largest absolute Gasteiger partial charge is 0.481 e. The van der Waals surface area contributed by atoms with E-state index >= 15 is 0 Å². The molecule has 152 valence electrons. The third-order valence-corrected chi connectivity index (χ3v) is 7.99. The van der Waals surface area contributed by atoms with Crippen LogP contribution >= 0.6 is 11.8 Å². The summed E-state index contributed by atoms with van der Waals surface area (Å²) in [7, 11) is -3.16. The predicted molar refractivity (Wildman–Crippen MR) is 112 cm³/mol. The van der Waals surface area contributed by atoms with Crippen molar-refractivity contribution in [3.05, 3.63) is 60.4 Å². The molecule has 2 aliphatic heterocycles. The van der Waals surface area contributed by atoms with Gasteiger partial charge in [-0.15, -0.1) is 0 Å². The second-order valence-electron chi connectivity index (χ2n) is 6.95. The molecule has 0 N–H and O–H groups in total. The molecule has 6 nitrogen and oxygen atoms in total. The Kier molecular flexibility index (Phi) is 5.35. The first kappa shape index (κ1) is 19.9. The summed E-state index contributed by atoms with van der Waals surface area (Å²) in [5.41, 5.74) is 0.603. The highest BCUT2D eigenvalue weighted by atomic mass is 32.2. The SMILES string of the molecule is C[C@@H](Oc1ccccc1)C(=O)N=C1S[C@H]2CS(=O)(=O)C[C@@H]2N1c1ccc(F)cc1. The zero-order valence-electron chi connectivity index (χ0n) is 15.6. The highest BCUT2D eigenvalue weighted by Crippen LogP contribution is 2.41. The van der Waals surface area contributed by atoms with Crippen molar-refractivity contribution >= 4 is 38.4 Å². The maximum atomic E-state index is 13.4. The van der Waals surface area contributed by atoms with E-state index in [1.165, 1.54) is 23.9 Å². The maximum absolute atomic E-state index is 13.4. The van der Waals surface area contributed by atoms with E-state index in [9.17, 15) is 17.6 Å². The van der Waals surface area contributed by atoms with Gasteiger partial charge in [0.15, 0.2) is 21.1 Å². The molecule has 0 bridgehead atoms. The predicted octanol–water partition coefficient (Wildman–Crippen LogP) is 2.89. The van der Waals surface area contributed by atoms with Crippen molar-refractivity contribution in [1.82, 2.24) is 0 Å². The van der Waals surface area contributed by atoms with E-state index in [4.69, 9.17) is 4.74 Å². The number of halogens is 1. The lowest BCUT2D eigenvalue weighted by molar-refractivity contribution is -0.123. The van der Waals surface area contributed by atoms with Gasteiger partial charge in [0.25, 0.3) is 5.91 Å². The van der Waals surface area contributed by atoms with Gasteiger partial charge in [0, 0.05) is 10.9 Å². The van der Waals surface area contributed by atoms with Gasteiger partial charge in [0.05, 0.1) is 17.5 Å². The lowest BCUT2D eigenvalue weighted by Gasteiger charge is -2.24. The fraction of sp³-hybridized carbons (Fsp3) is 0.300. The fourth-order valence-corrected chi connectivity index (χ4v) is 7.33. The van der Waals surface area contributed by atoms with Crippen molar-refractivity contribution in [2.24, 2.45) is 4.99 Å². The second kappa shape index (κ2) is 7.79. The number of thioether (sulfide) groups is 1. The smallest absolute Gasteiger partial charge is 0.288 e. The van der Waals surface area contributed by atoms with Crippen LogP contribution in [0, 0.1) is 5.82 Å². The Morgan fingerprint density at radius 1 is 1.17 bits per heavy atom. The van der Waals surface area contributed by atoms with E-state index in [-0.39, 0.29) is 22.8 Å². The third kappa shape index (κ3) is 4.30. The molecule has 2 aliphatic rings. The van der Waals surface area contributed by atoms with E-state index in [2.05, 4.69) is 4.99 Å². The normalized spacial score (nSPS) is 25.0. The number of amidine groups is 1. The Labute approximate surface area is 172 Å². The van der Waals surface area contributed by atoms with Crippen LogP contribution in [-0.4, -0.2) is 48.4 Å². The van der Waals surface area contributed by atoms with Gasteiger partial charge in [0.2, 0.25) is 0 Å². The van der Waals surface area contributed by atoms with E-state index < -0.39 is 27.7 Å². The molecule has 0 spiro atoms. The number of fused-ring (bicyclic) bond motifs is 1. The van der Waals surface area contributed by atoms with E-state index in [1.807, 2.05) is 18.2 Å². The number of hydrogen-bond acceptors (Lipinski definition) is 5. The van der Waals surface area contributed by atoms with Crippen molar-refractivity contribution in [3.8, 4) is 5.75 Å². The molecular weight excluding hydrogens is 415 g/mol. The van der Waals surface area contributed by atoms with Crippen LogP contribution in [0.5, 0.6) is 5.75 Å². The standard InChI is InChI=1S/C20H19FN2O4S2/c1-13(27-16-5-3-2-4-6-16)19(24)22-20-23(15-9-7-14(21)8-10-15)17-11-29(25,26)12-18(17)28-20/h2-10,13,17-18H,11-12H2,1H3/t13-,17+,18+/m1/s1. The molecule has 2 fully saturated rings. The summed E-state index contributed by atoms with van der Waals surface area (Å²) in [5.74, 6) is -0.290. The zero-order valence-corrected chi connectivity index (χ0v) is 17.2. The minimum absolute atomic E-state index is 0.0225. The number of nitrogens with zero attached hydrogens (tertiary/aromatic N) is 2. The first-order valence-electron chi connectivity index (χ1n) is 9.08. The van der Waals surface area contributed by atoms with Crippen LogP contribution in [0.4, 0.5) is 10.1 Å². The number of carbonyl (C=O) groups excluding carboxylic acids is 1. The maximum Gasteiger partial charge on any atom is 0.288 e. The zero-order chi connectivity index (χ0) is 20.6. The third-order valence-electron chi connectivity index (χ3n) is 4.78. The molecule has 0 aliphatic carbocycles. The lowest BCUT2D eigenvalue weighted by Crippen LogP contribution is -2.38. The van der Waals surface area contributed by atoms with Crippen molar-refractivity contribution in [3.63, 3.8) is 0 Å². The van der Waals surface area contributed by atoms with Gasteiger partial charge in [0.1, 0.15) is 11.6 Å². The molecule has 1 amide bonds. The first-order valence-corrected chi connectivity index (χ1v) is 11.8. The van der Waals surface area contributed by atoms with E-state index in [0.717, 1.165) is 0 Å². The number of amides is 1. The minimum atomic E-state index is -3.16. The highest BCUT2D eigenvalue weighted by molar-refractivity contribution is 8.16. The number of aliphatic imine (C=N–C) groups is 1. The number of para-hydroxylation sites is 1. The second-order valence-corrected chi connectivity index (χ2v) is 10.3. The summed E-state index contributed by atoms with van der Waals surface area (Å²) in [6, 6.07) is 14.4. The number of sulfone groups is 1. The number of benzene rings is 2. The van der Waals surface area contributed by atoms with Crippen molar-refractivity contribution in [1.29, 1.82) is 0 Å². The van der Waals surface area contributed by atoms with Gasteiger partial charge in [-0.25, -0.2) is 12.8 Å². The molecular formula is C20H19FN2O4S2. The van der Waals surface area contributed by atoms with Crippen LogP contribution in [0.25, 0.3) is 0 Å². The molecule has 2 heterocycles. The molecule has 0 unspecified atom stereocenters. The quantitative estimate of drug-likeness (QED) is 0.737. The number of anilines is 1. The lowest BCUT2D eigenvalue weighted by atomic mass is 10.2. The van der Waals surface area contributed by atoms with Crippen LogP contribution < -0.4 is 9.64 Å². The highest BCUT2D eigenvalue weighted by Gasteiger charge is 2.49. The number of carbonyl (C=O) groups is 1. The van der Waals surface area contributed by atoms with Crippen molar-refractivity contribution in [2.45, 2.75) is 24.3 Å². The molecule has 2 aromatic carbocycles. The number of rotatable bonds is 4. The molecule has 0 saturated carbocycles. The molecule has 4 rings (SSSR count). The van der Waals surface area contributed by atoms with Gasteiger partial charge in [-0.3, -0.25) is 4.79 Å². The van der Waals surface area contributed by atoms with Gasteiger partial charge in [-0.2, -0.15) is 4.99 Å². The monoisotopic (exact) mass is 434 g/mol. The average Bonchev–Trinajstić information content (AvgIpc) is 3.14. The summed E-state index contributed by atoms with van der Waals surface area (Å²) in [6.07, 6.45) is -0.801. The molecule has 9 heteroatoms. The van der Waals surface area contributed by atoms with Gasteiger partial charge >= 0.3 is 0 Å². The number of ether oxygens (including phenoxy) is 1. The van der Waals surface area contributed by atoms with Gasteiger partial charge in [-0.1, -0.05) is 30.0 Å². The Hall–Kier alpha value is -2.39. The van der Waals surface area contributed by atoms with E-state index in [1.54, 1.807) is 36.1 Å². The number of hydrogen-bond donors (Lipinski definition) is 0. The molecule has 29 heavy (non-hydrogen) atoms. The Morgan fingerprint density at radius 2 is 1.86 bits per heavy atom. The van der Waals surface area contributed by atoms with Gasteiger partial charge < -0.3 is 9.64 Å².